The highest BCUT2D eigenvalue weighted by atomic mass is 16.6. The van der Waals surface area contributed by atoms with Crippen LogP contribution in [0.15, 0.2) is 0 Å². The normalized spacial score (nSPS) is 18.4. The van der Waals surface area contributed by atoms with Gasteiger partial charge >= 0.3 is 6.09 Å². The summed E-state index contributed by atoms with van der Waals surface area (Å²) >= 11 is 0. The van der Waals surface area contributed by atoms with Gasteiger partial charge in [0.15, 0.2) is 0 Å². The number of piperidine rings is 1. The largest absolute Gasteiger partial charge is 0.444 e. The van der Waals surface area contributed by atoms with Crippen molar-refractivity contribution < 1.29 is 9.53 Å². The van der Waals surface area contributed by atoms with E-state index in [1.165, 1.54) is 0 Å². The van der Waals surface area contributed by atoms with Crippen LogP contribution < -0.4 is 5.73 Å². The molecule has 0 aliphatic carbocycles. The van der Waals surface area contributed by atoms with E-state index in [0.29, 0.717) is 13.1 Å². The van der Waals surface area contributed by atoms with E-state index in [-0.39, 0.29) is 6.09 Å². The van der Waals surface area contributed by atoms with Crippen LogP contribution in [-0.4, -0.2) is 39.5 Å². The Bertz CT molecular complexity index is 563. The Morgan fingerprint density at radius 3 is 2.23 bits per heavy atom. The summed E-state index contributed by atoms with van der Waals surface area (Å²) in [4.78, 5) is 13.9. The average Bonchev–Trinajstić information content (AvgIpc) is 2.62. The molecule has 0 atom stereocenters. The van der Waals surface area contributed by atoms with E-state index in [1.54, 1.807) is 4.90 Å². The highest BCUT2D eigenvalue weighted by Crippen LogP contribution is 2.34. The maximum Gasteiger partial charge on any atom is 0.410 e. The lowest BCUT2D eigenvalue weighted by molar-refractivity contribution is 0.0166. The number of nitrogens with zero attached hydrogens (tertiary/aromatic N) is 3. The number of hydrogen-bond donors (Lipinski definition) is 1. The summed E-state index contributed by atoms with van der Waals surface area (Å²) in [6.07, 6.45) is 1.19. The molecule has 6 nitrogen and oxygen atoms in total. The quantitative estimate of drug-likeness (QED) is 0.863. The minimum atomic E-state index is -0.467. The number of aryl methyl sites for hydroxylation is 2. The molecule has 0 aromatic carbocycles. The molecule has 0 spiro atoms. The van der Waals surface area contributed by atoms with Gasteiger partial charge in [-0.05, 0) is 47.5 Å². The van der Waals surface area contributed by atoms with Crippen molar-refractivity contribution in [2.24, 2.45) is 12.8 Å². The van der Waals surface area contributed by atoms with Crippen molar-refractivity contribution in [3.8, 4) is 0 Å². The number of ether oxygens (including phenoxy) is 1. The fourth-order valence-electron chi connectivity index (χ4n) is 3.16. The van der Waals surface area contributed by atoms with Crippen LogP contribution in [0.5, 0.6) is 0 Å². The third-order valence-corrected chi connectivity index (χ3v) is 4.31. The molecule has 0 bridgehead atoms. The Balaban J connectivity index is 2.09. The fraction of sp³-hybridized carbons (Fsp3) is 0.750. The fourth-order valence-corrected chi connectivity index (χ4v) is 3.16. The van der Waals surface area contributed by atoms with Crippen molar-refractivity contribution >= 4 is 6.09 Å². The SMILES string of the molecule is Cc1nn(C)c(C)c1C1(N)CCN(C(=O)OC(C)(C)C)CC1. The van der Waals surface area contributed by atoms with Crippen molar-refractivity contribution in [1.82, 2.24) is 14.7 Å². The molecule has 1 aromatic rings. The van der Waals surface area contributed by atoms with E-state index in [1.807, 2.05) is 46.3 Å². The van der Waals surface area contributed by atoms with E-state index in [2.05, 4.69) is 5.10 Å². The third kappa shape index (κ3) is 3.27. The smallest absolute Gasteiger partial charge is 0.410 e. The van der Waals surface area contributed by atoms with E-state index in [9.17, 15) is 4.79 Å². The molecule has 0 saturated carbocycles. The van der Waals surface area contributed by atoms with Crippen molar-refractivity contribution in [2.45, 2.75) is 58.6 Å². The zero-order chi connectivity index (χ0) is 16.7. The molecule has 1 amide bonds. The molecule has 1 aliphatic heterocycles. The molecular weight excluding hydrogens is 280 g/mol. The molecular formula is C16H28N4O2. The standard InChI is InChI=1S/C16H28N4O2/c1-11-13(12(2)19(6)18-11)16(17)7-9-20(10-8-16)14(21)22-15(3,4)5/h7-10,17H2,1-6H3. The lowest BCUT2D eigenvalue weighted by Crippen LogP contribution is -2.51. The van der Waals surface area contributed by atoms with Crippen LogP contribution in [-0.2, 0) is 17.3 Å². The first-order valence-corrected chi connectivity index (χ1v) is 7.81. The second kappa shape index (κ2) is 5.57. The van der Waals surface area contributed by atoms with E-state index in [4.69, 9.17) is 10.5 Å². The van der Waals surface area contributed by atoms with Gasteiger partial charge < -0.3 is 15.4 Å². The Kier molecular flexibility index (Phi) is 4.26. The minimum absolute atomic E-state index is 0.255. The maximum absolute atomic E-state index is 12.1. The highest BCUT2D eigenvalue weighted by molar-refractivity contribution is 5.68. The van der Waals surface area contributed by atoms with Gasteiger partial charge in [-0.3, -0.25) is 4.68 Å². The van der Waals surface area contributed by atoms with Gasteiger partial charge in [0.2, 0.25) is 0 Å². The summed E-state index contributed by atoms with van der Waals surface area (Å²) in [5, 5.41) is 4.47. The molecule has 124 valence electrons. The first kappa shape index (κ1) is 16.8. The summed E-state index contributed by atoms with van der Waals surface area (Å²) in [7, 11) is 1.94. The van der Waals surface area contributed by atoms with Crippen LogP contribution in [0, 0.1) is 13.8 Å². The number of hydrogen-bond acceptors (Lipinski definition) is 4. The second-order valence-electron chi connectivity index (χ2n) is 7.29. The van der Waals surface area contributed by atoms with Crippen LogP contribution in [0.1, 0.15) is 50.6 Å². The minimum Gasteiger partial charge on any atom is -0.444 e. The van der Waals surface area contributed by atoms with E-state index < -0.39 is 11.1 Å². The van der Waals surface area contributed by atoms with Crippen LogP contribution in [0.25, 0.3) is 0 Å². The van der Waals surface area contributed by atoms with Crippen molar-refractivity contribution in [3.63, 3.8) is 0 Å². The molecule has 0 unspecified atom stereocenters. The Morgan fingerprint density at radius 1 is 1.27 bits per heavy atom. The van der Waals surface area contributed by atoms with Gasteiger partial charge in [-0.2, -0.15) is 5.10 Å². The first-order chi connectivity index (χ1) is 10.0. The summed E-state index contributed by atoms with van der Waals surface area (Å²) in [6, 6.07) is 0. The van der Waals surface area contributed by atoms with E-state index in [0.717, 1.165) is 29.8 Å². The molecule has 1 aromatic heterocycles. The predicted molar refractivity (Wildman–Crippen MR) is 85.6 cm³/mol. The molecule has 2 heterocycles. The monoisotopic (exact) mass is 308 g/mol. The van der Waals surface area contributed by atoms with Gasteiger partial charge in [-0.1, -0.05) is 0 Å². The Morgan fingerprint density at radius 2 is 1.82 bits per heavy atom. The van der Waals surface area contributed by atoms with Crippen molar-refractivity contribution in [2.75, 3.05) is 13.1 Å². The number of carbonyl (C=O) groups excluding carboxylic acids is 1. The number of likely N-dealkylation sites (tertiary alicyclic amines) is 1. The molecule has 22 heavy (non-hydrogen) atoms. The average molecular weight is 308 g/mol. The number of nitrogens with two attached hydrogens (primary N) is 1. The number of amides is 1. The van der Waals surface area contributed by atoms with Gasteiger partial charge in [0.05, 0.1) is 5.69 Å². The lowest BCUT2D eigenvalue weighted by atomic mass is 9.81. The molecule has 1 saturated heterocycles. The molecule has 1 aliphatic rings. The van der Waals surface area contributed by atoms with Gasteiger partial charge in [0.1, 0.15) is 5.60 Å². The van der Waals surface area contributed by atoms with Gasteiger partial charge in [0.25, 0.3) is 0 Å². The summed E-state index contributed by atoms with van der Waals surface area (Å²) in [6.45, 7) is 10.9. The number of rotatable bonds is 1. The zero-order valence-corrected chi connectivity index (χ0v) is 14.6. The summed E-state index contributed by atoms with van der Waals surface area (Å²) in [5.74, 6) is 0. The van der Waals surface area contributed by atoms with Gasteiger partial charge in [-0.25, -0.2) is 4.79 Å². The molecule has 0 radical (unpaired) electrons. The lowest BCUT2D eigenvalue weighted by Gasteiger charge is -2.40. The van der Waals surface area contributed by atoms with Gasteiger partial charge in [-0.15, -0.1) is 0 Å². The van der Waals surface area contributed by atoms with Crippen molar-refractivity contribution in [1.29, 1.82) is 0 Å². The molecule has 2 rings (SSSR count). The first-order valence-electron chi connectivity index (χ1n) is 7.81. The van der Waals surface area contributed by atoms with E-state index >= 15 is 0 Å². The van der Waals surface area contributed by atoms with Crippen molar-refractivity contribution in [3.05, 3.63) is 17.0 Å². The molecule has 2 N–H and O–H groups in total. The van der Waals surface area contributed by atoms with Crippen LogP contribution in [0.3, 0.4) is 0 Å². The summed E-state index contributed by atoms with van der Waals surface area (Å²) < 4.78 is 7.31. The topological polar surface area (TPSA) is 73.4 Å². The van der Waals surface area contributed by atoms with Crippen LogP contribution in [0.4, 0.5) is 4.79 Å². The highest BCUT2D eigenvalue weighted by Gasteiger charge is 2.38. The zero-order valence-electron chi connectivity index (χ0n) is 14.6. The number of carbonyl (C=O) groups is 1. The Labute approximate surface area is 132 Å². The van der Waals surface area contributed by atoms with Gasteiger partial charge in [0, 0.05) is 36.9 Å². The summed E-state index contributed by atoms with van der Waals surface area (Å²) in [5.41, 5.74) is 8.98. The second-order valence-corrected chi connectivity index (χ2v) is 7.29. The Hall–Kier alpha value is -1.56. The third-order valence-electron chi connectivity index (χ3n) is 4.31. The van der Waals surface area contributed by atoms with Crippen LogP contribution >= 0.6 is 0 Å². The molecule has 6 heteroatoms. The number of aromatic nitrogens is 2. The van der Waals surface area contributed by atoms with Crippen LogP contribution in [0.2, 0.25) is 0 Å². The molecule has 1 fully saturated rings. The maximum atomic E-state index is 12.1. The predicted octanol–water partition coefficient (Wildman–Crippen LogP) is 2.22.